The van der Waals surface area contributed by atoms with Crippen molar-refractivity contribution in [2.75, 3.05) is 13.2 Å². The predicted octanol–water partition coefficient (Wildman–Crippen LogP) is 1.49. The van der Waals surface area contributed by atoms with E-state index in [-0.39, 0.29) is 29.6 Å². The largest absolute Gasteiger partial charge is 0.461 e. The molecule has 0 spiro atoms. The number of benzene rings is 1. The molecule has 0 aromatic heterocycles. The number of carbonyl (C=O) groups is 2. The third-order valence-corrected chi connectivity index (χ3v) is 4.67. The molecular formula is C18H19FN4O5. The van der Waals surface area contributed by atoms with Crippen molar-refractivity contribution in [2.24, 2.45) is 4.99 Å². The molecule has 1 amide bonds. The Morgan fingerprint density at radius 1 is 1.46 bits per heavy atom. The zero-order chi connectivity index (χ0) is 20.6. The molecule has 148 valence electrons. The van der Waals surface area contributed by atoms with Crippen molar-refractivity contribution in [1.82, 2.24) is 10.6 Å². The maximum absolute atomic E-state index is 13.4. The molecule has 1 saturated heterocycles. The molecule has 3 rings (SSSR count). The molecule has 1 unspecified atom stereocenters. The van der Waals surface area contributed by atoms with E-state index in [4.69, 9.17) is 4.74 Å². The minimum Gasteiger partial charge on any atom is -0.461 e. The molecule has 0 aliphatic carbocycles. The van der Waals surface area contributed by atoms with E-state index in [2.05, 4.69) is 15.6 Å². The highest BCUT2D eigenvalue weighted by Gasteiger charge is 2.46. The van der Waals surface area contributed by atoms with Crippen LogP contribution in [0.25, 0.3) is 0 Å². The average Bonchev–Trinajstić information content (AvgIpc) is 3.13. The SMILES string of the molecule is CCOC(=O)C1=NC2C(=C1NC(=O)c1ccc(F)cc1[N+](=O)[O-])CNC2(C)C. The lowest BCUT2D eigenvalue weighted by Gasteiger charge is -2.22. The Balaban J connectivity index is 1.99. The number of hydrogen-bond donors (Lipinski definition) is 2. The van der Waals surface area contributed by atoms with Crippen LogP contribution in [0.4, 0.5) is 10.1 Å². The number of fused-ring (bicyclic) bond motifs is 1. The first-order chi connectivity index (χ1) is 13.2. The first kappa shape index (κ1) is 19.6. The Kier molecular flexibility index (Phi) is 4.99. The van der Waals surface area contributed by atoms with Gasteiger partial charge in [-0.1, -0.05) is 0 Å². The summed E-state index contributed by atoms with van der Waals surface area (Å²) in [7, 11) is 0. The second-order valence-corrected chi connectivity index (χ2v) is 6.95. The van der Waals surface area contributed by atoms with Crippen molar-refractivity contribution in [3.8, 4) is 0 Å². The first-order valence-electron chi connectivity index (χ1n) is 8.64. The van der Waals surface area contributed by atoms with Crippen molar-refractivity contribution >= 4 is 23.3 Å². The molecule has 0 bridgehead atoms. The van der Waals surface area contributed by atoms with E-state index in [9.17, 15) is 24.1 Å². The van der Waals surface area contributed by atoms with E-state index in [1.807, 2.05) is 13.8 Å². The number of nitrogens with zero attached hydrogens (tertiary/aromatic N) is 2. The maximum Gasteiger partial charge on any atom is 0.358 e. The van der Waals surface area contributed by atoms with Crippen LogP contribution in [0.5, 0.6) is 0 Å². The molecule has 1 atom stereocenters. The zero-order valence-corrected chi connectivity index (χ0v) is 15.5. The maximum atomic E-state index is 13.4. The molecule has 28 heavy (non-hydrogen) atoms. The van der Waals surface area contributed by atoms with Crippen LogP contribution in [0.3, 0.4) is 0 Å². The quantitative estimate of drug-likeness (QED) is 0.446. The molecular weight excluding hydrogens is 371 g/mol. The van der Waals surface area contributed by atoms with E-state index in [1.54, 1.807) is 6.92 Å². The summed E-state index contributed by atoms with van der Waals surface area (Å²) in [5.74, 6) is -2.36. The molecule has 9 nitrogen and oxygen atoms in total. The third-order valence-electron chi connectivity index (χ3n) is 4.67. The molecule has 0 saturated carbocycles. The predicted molar refractivity (Wildman–Crippen MR) is 97.5 cm³/mol. The minimum atomic E-state index is -0.839. The van der Waals surface area contributed by atoms with Gasteiger partial charge in [0.15, 0.2) is 5.71 Å². The Labute approximate surface area is 159 Å². The number of hydrogen-bond acceptors (Lipinski definition) is 7. The molecule has 2 N–H and O–H groups in total. The number of nitrogens with one attached hydrogen (secondary N) is 2. The summed E-state index contributed by atoms with van der Waals surface area (Å²) in [4.78, 5) is 39.8. The number of nitro groups is 1. The number of amides is 1. The van der Waals surface area contributed by atoms with Crippen LogP contribution in [-0.2, 0) is 9.53 Å². The number of aliphatic imine (C=N–C) groups is 1. The van der Waals surface area contributed by atoms with Gasteiger partial charge in [0.2, 0.25) is 0 Å². The molecule has 1 aromatic rings. The lowest BCUT2D eigenvalue weighted by atomic mass is 9.95. The Morgan fingerprint density at radius 2 is 2.18 bits per heavy atom. The number of halogens is 1. The Morgan fingerprint density at radius 3 is 2.82 bits per heavy atom. The van der Waals surface area contributed by atoms with Crippen molar-refractivity contribution in [1.29, 1.82) is 0 Å². The van der Waals surface area contributed by atoms with Crippen LogP contribution < -0.4 is 10.6 Å². The van der Waals surface area contributed by atoms with E-state index in [1.165, 1.54) is 0 Å². The summed E-state index contributed by atoms with van der Waals surface area (Å²) in [6.07, 6.45) is 0. The van der Waals surface area contributed by atoms with Gasteiger partial charge in [-0.25, -0.2) is 9.18 Å². The fourth-order valence-corrected chi connectivity index (χ4v) is 3.28. The van der Waals surface area contributed by atoms with Crippen LogP contribution >= 0.6 is 0 Å². The fourth-order valence-electron chi connectivity index (χ4n) is 3.28. The first-order valence-corrected chi connectivity index (χ1v) is 8.64. The minimum absolute atomic E-state index is 0.0328. The zero-order valence-electron chi connectivity index (χ0n) is 15.5. The van der Waals surface area contributed by atoms with Gasteiger partial charge in [-0.2, -0.15) is 0 Å². The molecule has 2 aliphatic heterocycles. The van der Waals surface area contributed by atoms with Gasteiger partial charge in [0, 0.05) is 12.1 Å². The highest BCUT2D eigenvalue weighted by Crippen LogP contribution is 2.34. The molecule has 0 radical (unpaired) electrons. The van der Waals surface area contributed by atoms with Crippen LogP contribution in [0.1, 0.15) is 31.1 Å². The summed E-state index contributed by atoms with van der Waals surface area (Å²) in [6, 6.07) is 2.27. The Hall–Kier alpha value is -3.14. The standard InChI is InChI=1S/C18H19FN4O5/c1-4-28-17(25)14-13(11-8-20-18(2,3)15(11)21-14)22-16(24)10-6-5-9(19)7-12(10)23(26)27/h5-7,15,20H,4,8H2,1-3H3,(H,22,24). The van der Waals surface area contributed by atoms with E-state index >= 15 is 0 Å². The van der Waals surface area contributed by atoms with E-state index in [0.717, 1.165) is 12.1 Å². The molecule has 10 heteroatoms. The van der Waals surface area contributed by atoms with Gasteiger partial charge in [0.1, 0.15) is 11.4 Å². The molecule has 1 fully saturated rings. The fraction of sp³-hybridized carbons (Fsp3) is 0.389. The van der Waals surface area contributed by atoms with Gasteiger partial charge < -0.3 is 15.4 Å². The normalized spacial score (nSPS) is 19.9. The number of rotatable bonds is 5. The van der Waals surface area contributed by atoms with Crippen LogP contribution in [0.15, 0.2) is 34.5 Å². The molecule has 2 heterocycles. The van der Waals surface area contributed by atoms with Gasteiger partial charge in [-0.15, -0.1) is 0 Å². The summed E-state index contributed by atoms with van der Waals surface area (Å²) < 4.78 is 18.4. The lowest BCUT2D eigenvalue weighted by molar-refractivity contribution is -0.385. The van der Waals surface area contributed by atoms with Gasteiger partial charge in [0.05, 0.1) is 29.3 Å². The highest BCUT2D eigenvalue weighted by atomic mass is 19.1. The number of carbonyl (C=O) groups excluding carboxylic acids is 2. The molecule has 2 aliphatic rings. The number of ether oxygens (including phenoxy) is 1. The Bertz CT molecular complexity index is 938. The highest BCUT2D eigenvalue weighted by molar-refractivity contribution is 6.44. The van der Waals surface area contributed by atoms with E-state index in [0.29, 0.717) is 18.2 Å². The van der Waals surface area contributed by atoms with Crippen LogP contribution in [0.2, 0.25) is 0 Å². The van der Waals surface area contributed by atoms with Crippen molar-refractivity contribution < 1.29 is 23.6 Å². The van der Waals surface area contributed by atoms with Crippen molar-refractivity contribution in [3.63, 3.8) is 0 Å². The van der Waals surface area contributed by atoms with Gasteiger partial charge in [0.25, 0.3) is 11.6 Å². The molecule has 1 aromatic carbocycles. The smallest absolute Gasteiger partial charge is 0.358 e. The second-order valence-electron chi connectivity index (χ2n) is 6.95. The monoisotopic (exact) mass is 390 g/mol. The topological polar surface area (TPSA) is 123 Å². The number of nitro benzene ring substituents is 1. The summed E-state index contributed by atoms with van der Waals surface area (Å²) in [5.41, 5.74) is -0.610. The van der Waals surface area contributed by atoms with Gasteiger partial charge >= 0.3 is 5.97 Å². The van der Waals surface area contributed by atoms with Crippen LogP contribution in [0, 0.1) is 15.9 Å². The van der Waals surface area contributed by atoms with Gasteiger partial charge in [-0.3, -0.25) is 19.9 Å². The average molecular weight is 390 g/mol. The van der Waals surface area contributed by atoms with Crippen molar-refractivity contribution in [2.45, 2.75) is 32.4 Å². The number of esters is 1. The summed E-state index contributed by atoms with van der Waals surface area (Å²) >= 11 is 0. The van der Waals surface area contributed by atoms with E-state index < -0.39 is 33.8 Å². The summed E-state index contributed by atoms with van der Waals surface area (Å²) in [6.45, 7) is 5.97. The lowest BCUT2D eigenvalue weighted by Crippen LogP contribution is -2.40. The van der Waals surface area contributed by atoms with Crippen molar-refractivity contribution in [3.05, 3.63) is 51.0 Å². The van der Waals surface area contributed by atoms with Gasteiger partial charge in [-0.05, 0) is 38.5 Å². The third kappa shape index (κ3) is 3.38. The van der Waals surface area contributed by atoms with Crippen LogP contribution in [-0.4, -0.2) is 47.2 Å². The second kappa shape index (κ2) is 7.12. The summed E-state index contributed by atoms with van der Waals surface area (Å²) in [5, 5.41) is 17.0.